The van der Waals surface area contributed by atoms with Gasteiger partial charge in [0.1, 0.15) is 0 Å². The maximum atomic E-state index is 12.8. The minimum absolute atomic E-state index is 0.447. The summed E-state index contributed by atoms with van der Waals surface area (Å²) in [6.07, 6.45) is 8.06. The van der Waals surface area contributed by atoms with Crippen LogP contribution in [-0.4, -0.2) is 36.0 Å². The van der Waals surface area contributed by atoms with E-state index in [4.69, 9.17) is 0 Å². The summed E-state index contributed by atoms with van der Waals surface area (Å²) in [4.78, 5) is 15.0. The van der Waals surface area contributed by atoms with Gasteiger partial charge in [-0.3, -0.25) is 4.79 Å². The Hall–Kier alpha value is -0.570. The van der Waals surface area contributed by atoms with Gasteiger partial charge in [0.25, 0.3) is 0 Å². The second-order valence-electron chi connectivity index (χ2n) is 7.72. The Morgan fingerprint density at radius 1 is 0.947 bits per heavy atom. The summed E-state index contributed by atoms with van der Waals surface area (Å²) in [6, 6.07) is 1.28. The zero-order chi connectivity index (χ0) is 12.6. The Balaban J connectivity index is 1.31. The zero-order valence-corrected chi connectivity index (χ0v) is 11.6. The maximum absolute atomic E-state index is 12.8. The fourth-order valence-electron chi connectivity index (χ4n) is 6.01. The SMILES string of the molecule is O=C(C1C2C3CCC(C3)C12)N1CCC2CCC(C1)N2. The zero-order valence-electron chi connectivity index (χ0n) is 11.6. The number of fused-ring (bicyclic) bond motifs is 7. The van der Waals surface area contributed by atoms with Crippen LogP contribution in [0.5, 0.6) is 0 Å². The Morgan fingerprint density at radius 2 is 1.68 bits per heavy atom. The van der Waals surface area contributed by atoms with Gasteiger partial charge in [0.15, 0.2) is 0 Å². The van der Waals surface area contributed by atoms with Crippen LogP contribution in [0.2, 0.25) is 0 Å². The molecule has 4 bridgehead atoms. The molecule has 5 fully saturated rings. The summed E-state index contributed by atoms with van der Waals surface area (Å²) in [5.74, 6) is 4.43. The van der Waals surface area contributed by atoms with Crippen molar-refractivity contribution < 1.29 is 4.79 Å². The van der Waals surface area contributed by atoms with Crippen LogP contribution in [0.3, 0.4) is 0 Å². The predicted molar refractivity (Wildman–Crippen MR) is 72.4 cm³/mol. The van der Waals surface area contributed by atoms with Gasteiger partial charge in [0, 0.05) is 31.1 Å². The minimum Gasteiger partial charge on any atom is -0.341 e. The van der Waals surface area contributed by atoms with Gasteiger partial charge in [-0.05, 0) is 62.2 Å². The first-order valence-electron chi connectivity index (χ1n) is 8.36. The van der Waals surface area contributed by atoms with Gasteiger partial charge in [-0.15, -0.1) is 0 Å². The number of hydrogen-bond acceptors (Lipinski definition) is 2. The molecule has 6 atom stereocenters. The lowest BCUT2D eigenvalue weighted by Gasteiger charge is -2.25. The van der Waals surface area contributed by atoms with Crippen LogP contribution in [0.25, 0.3) is 0 Å². The predicted octanol–water partition coefficient (Wildman–Crippen LogP) is 1.63. The summed E-state index contributed by atoms with van der Waals surface area (Å²) in [6.45, 7) is 2.00. The molecule has 0 radical (unpaired) electrons. The Morgan fingerprint density at radius 3 is 2.47 bits per heavy atom. The second kappa shape index (κ2) is 3.75. The molecule has 2 saturated heterocycles. The standard InChI is InChI=1S/C16H24N2O/c19-16(15-13-9-1-2-10(7-9)14(13)15)18-6-5-11-3-4-12(8-18)17-11/h9-15,17H,1-8H2. The average molecular weight is 260 g/mol. The van der Waals surface area contributed by atoms with Crippen LogP contribution < -0.4 is 5.32 Å². The fourth-order valence-corrected chi connectivity index (χ4v) is 6.01. The van der Waals surface area contributed by atoms with E-state index in [1.54, 1.807) is 0 Å². The van der Waals surface area contributed by atoms with Gasteiger partial charge in [0.2, 0.25) is 5.91 Å². The molecule has 5 rings (SSSR count). The van der Waals surface area contributed by atoms with Crippen molar-refractivity contribution in [2.24, 2.45) is 29.6 Å². The van der Waals surface area contributed by atoms with Crippen molar-refractivity contribution in [1.82, 2.24) is 10.2 Å². The van der Waals surface area contributed by atoms with Gasteiger partial charge in [0.05, 0.1) is 0 Å². The van der Waals surface area contributed by atoms with Crippen LogP contribution in [0.15, 0.2) is 0 Å². The van der Waals surface area contributed by atoms with Crippen LogP contribution in [0, 0.1) is 29.6 Å². The highest BCUT2D eigenvalue weighted by Crippen LogP contribution is 2.69. The van der Waals surface area contributed by atoms with E-state index in [-0.39, 0.29) is 0 Å². The molecule has 0 aromatic rings. The number of carbonyl (C=O) groups excluding carboxylic acids is 1. The smallest absolute Gasteiger partial charge is 0.226 e. The molecule has 0 spiro atoms. The normalized spacial score (nSPS) is 54.1. The molecule has 3 aliphatic carbocycles. The molecular formula is C16H24N2O. The third-order valence-electron chi connectivity index (χ3n) is 6.86. The van der Waals surface area contributed by atoms with Crippen molar-refractivity contribution in [1.29, 1.82) is 0 Å². The van der Waals surface area contributed by atoms with Crippen LogP contribution in [0.1, 0.15) is 38.5 Å². The van der Waals surface area contributed by atoms with Crippen LogP contribution in [0.4, 0.5) is 0 Å². The summed E-state index contributed by atoms with van der Waals surface area (Å²) in [5, 5.41) is 3.68. The molecular weight excluding hydrogens is 236 g/mol. The van der Waals surface area contributed by atoms with Crippen molar-refractivity contribution in [3.63, 3.8) is 0 Å². The molecule has 0 aromatic carbocycles. The molecule has 0 aromatic heterocycles. The van der Waals surface area contributed by atoms with E-state index < -0.39 is 0 Å². The van der Waals surface area contributed by atoms with Gasteiger partial charge < -0.3 is 10.2 Å². The van der Waals surface area contributed by atoms with E-state index in [9.17, 15) is 4.79 Å². The lowest BCUT2D eigenvalue weighted by molar-refractivity contribution is -0.133. The van der Waals surface area contributed by atoms with Gasteiger partial charge in [-0.25, -0.2) is 0 Å². The van der Waals surface area contributed by atoms with E-state index in [2.05, 4.69) is 10.2 Å². The molecule has 6 unspecified atom stereocenters. The molecule has 2 heterocycles. The molecule has 3 nitrogen and oxygen atoms in total. The van der Waals surface area contributed by atoms with Gasteiger partial charge >= 0.3 is 0 Å². The molecule has 3 heteroatoms. The van der Waals surface area contributed by atoms with E-state index >= 15 is 0 Å². The van der Waals surface area contributed by atoms with Crippen LogP contribution >= 0.6 is 0 Å². The molecule has 19 heavy (non-hydrogen) atoms. The molecule has 1 N–H and O–H groups in total. The molecule has 1 amide bonds. The molecule has 5 aliphatic rings. The molecule has 104 valence electrons. The highest BCUT2D eigenvalue weighted by atomic mass is 16.2. The van der Waals surface area contributed by atoms with Crippen molar-refractivity contribution >= 4 is 5.91 Å². The van der Waals surface area contributed by atoms with Crippen LogP contribution in [-0.2, 0) is 4.79 Å². The first kappa shape index (κ1) is 11.1. The molecule has 3 saturated carbocycles. The second-order valence-corrected chi connectivity index (χ2v) is 7.72. The van der Waals surface area contributed by atoms with E-state index in [1.807, 2.05) is 0 Å². The first-order valence-corrected chi connectivity index (χ1v) is 8.36. The quantitative estimate of drug-likeness (QED) is 0.777. The van der Waals surface area contributed by atoms with Crippen molar-refractivity contribution in [3.05, 3.63) is 0 Å². The number of hydrogen-bond donors (Lipinski definition) is 1. The van der Waals surface area contributed by atoms with Crippen molar-refractivity contribution in [2.75, 3.05) is 13.1 Å². The third-order valence-corrected chi connectivity index (χ3v) is 6.86. The van der Waals surface area contributed by atoms with Crippen molar-refractivity contribution in [2.45, 2.75) is 50.6 Å². The van der Waals surface area contributed by atoms with E-state index in [0.29, 0.717) is 23.9 Å². The highest BCUT2D eigenvalue weighted by Gasteiger charge is 2.68. The summed E-state index contributed by atoms with van der Waals surface area (Å²) in [5.41, 5.74) is 0. The topological polar surface area (TPSA) is 32.3 Å². The monoisotopic (exact) mass is 260 g/mol. The number of nitrogens with zero attached hydrogens (tertiary/aromatic N) is 1. The Labute approximate surface area is 115 Å². The largest absolute Gasteiger partial charge is 0.341 e. The lowest BCUT2D eigenvalue weighted by atomic mass is 10.0. The first-order chi connectivity index (χ1) is 9.31. The number of carbonyl (C=O) groups is 1. The number of rotatable bonds is 1. The van der Waals surface area contributed by atoms with E-state index in [1.165, 1.54) is 38.5 Å². The minimum atomic E-state index is 0.447. The highest BCUT2D eigenvalue weighted by molar-refractivity contribution is 5.83. The summed E-state index contributed by atoms with van der Waals surface area (Å²) < 4.78 is 0. The summed E-state index contributed by atoms with van der Waals surface area (Å²) >= 11 is 0. The van der Waals surface area contributed by atoms with Gasteiger partial charge in [-0.2, -0.15) is 0 Å². The summed E-state index contributed by atoms with van der Waals surface area (Å²) in [7, 11) is 0. The van der Waals surface area contributed by atoms with Crippen molar-refractivity contribution in [3.8, 4) is 0 Å². The molecule has 2 aliphatic heterocycles. The lowest BCUT2D eigenvalue weighted by Crippen LogP contribution is -2.40. The number of amides is 1. The van der Waals surface area contributed by atoms with Gasteiger partial charge in [-0.1, -0.05) is 0 Å². The number of nitrogens with one attached hydrogen (secondary N) is 1. The number of likely N-dealkylation sites (tertiary alicyclic amines) is 1. The average Bonchev–Trinajstić information content (AvgIpc) is 2.70. The fraction of sp³-hybridized carbons (Fsp3) is 0.938. The Kier molecular flexibility index (Phi) is 2.20. The van der Waals surface area contributed by atoms with E-state index in [0.717, 1.165) is 36.8 Å². The third kappa shape index (κ3) is 1.51. The maximum Gasteiger partial charge on any atom is 0.226 e. The Bertz CT molecular complexity index is 407.